The number of thiazole rings is 1. The van der Waals surface area contributed by atoms with Gasteiger partial charge in [0.25, 0.3) is 5.56 Å². The smallest absolute Gasteiger partial charge is 0.281 e. The van der Waals surface area contributed by atoms with Crippen molar-refractivity contribution >= 4 is 29.7 Å². The summed E-state index contributed by atoms with van der Waals surface area (Å²) < 4.78 is 1.40. The van der Waals surface area contributed by atoms with Gasteiger partial charge in [0, 0.05) is 29.7 Å². The van der Waals surface area contributed by atoms with Crippen molar-refractivity contribution in [3.05, 3.63) is 80.4 Å². The molecule has 0 saturated heterocycles. The van der Waals surface area contributed by atoms with E-state index in [9.17, 15) is 9.90 Å². The number of nitrogens with one attached hydrogen (secondary N) is 1. The summed E-state index contributed by atoms with van der Waals surface area (Å²) in [5, 5.41) is 16.4. The number of phenolic OH excluding ortho intramolecular Hbond substituents is 1. The Morgan fingerprint density at radius 3 is 2.55 bits per heavy atom. The summed E-state index contributed by atoms with van der Waals surface area (Å²) in [6, 6.07) is 15.1. The Bertz CT molecular complexity index is 1360. The van der Waals surface area contributed by atoms with Gasteiger partial charge in [0.05, 0.1) is 16.3 Å². The molecule has 0 fully saturated rings. The number of anilines is 1. The van der Waals surface area contributed by atoms with Crippen LogP contribution in [0, 0.1) is 0 Å². The van der Waals surface area contributed by atoms with Crippen LogP contribution in [0.1, 0.15) is 19.4 Å². The van der Waals surface area contributed by atoms with Crippen LogP contribution in [0.2, 0.25) is 0 Å². The van der Waals surface area contributed by atoms with E-state index in [1.807, 2.05) is 29.7 Å². The lowest BCUT2D eigenvalue weighted by atomic mass is 10.1. The van der Waals surface area contributed by atoms with E-state index in [1.54, 1.807) is 18.2 Å². The Hall–Kier alpha value is -3.58. The van der Waals surface area contributed by atoms with Crippen LogP contribution in [0.15, 0.2) is 58.7 Å². The number of phenols is 1. The third-order valence-corrected chi connectivity index (χ3v) is 6.03. The van der Waals surface area contributed by atoms with Crippen molar-refractivity contribution in [2.75, 3.05) is 18.0 Å². The Balaban J connectivity index is 1.70. The lowest BCUT2D eigenvalue weighted by Crippen LogP contribution is -2.33. The minimum Gasteiger partial charge on any atom is -0.507 e. The molecule has 0 saturated carbocycles. The van der Waals surface area contributed by atoms with Crippen LogP contribution in [0.4, 0.5) is 5.69 Å². The molecule has 0 aliphatic rings. The first-order valence-corrected chi connectivity index (χ1v) is 11.0. The molecule has 6 nitrogen and oxygen atoms in total. The Labute approximate surface area is 184 Å². The fraction of sp³-hybridized carbons (Fsp3) is 0.167. The quantitative estimate of drug-likeness (QED) is 0.491. The van der Waals surface area contributed by atoms with E-state index in [0.717, 1.165) is 24.3 Å². The number of aromatic amines is 1. The number of aromatic nitrogens is 3. The maximum absolute atomic E-state index is 13.0. The second kappa shape index (κ2) is 8.65. The van der Waals surface area contributed by atoms with Gasteiger partial charge in [-0.25, -0.2) is 4.98 Å². The van der Waals surface area contributed by atoms with Crippen molar-refractivity contribution < 1.29 is 5.11 Å². The first kappa shape index (κ1) is 20.7. The summed E-state index contributed by atoms with van der Waals surface area (Å²) in [6.45, 7) is 10.1. The topological polar surface area (TPSA) is 74.1 Å². The zero-order chi connectivity index (χ0) is 22.0. The molecule has 158 valence electrons. The zero-order valence-electron chi connectivity index (χ0n) is 17.5. The molecule has 2 heterocycles. The fourth-order valence-electron chi connectivity index (χ4n) is 3.50. The third-order valence-electron chi connectivity index (χ3n) is 5.20. The molecule has 2 N–H and O–H groups in total. The highest BCUT2D eigenvalue weighted by Gasteiger charge is 2.12. The molecule has 0 radical (unpaired) electrons. The molecule has 0 spiro atoms. The normalized spacial score (nSPS) is 11.7. The first-order chi connectivity index (χ1) is 15.0. The average Bonchev–Trinajstić information content (AvgIpc) is 3.36. The Morgan fingerprint density at radius 1 is 1.16 bits per heavy atom. The summed E-state index contributed by atoms with van der Waals surface area (Å²) in [7, 11) is 0. The van der Waals surface area contributed by atoms with Gasteiger partial charge in [-0.15, -0.1) is 11.3 Å². The molecule has 0 atom stereocenters. The van der Waals surface area contributed by atoms with E-state index >= 15 is 0 Å². The monoisotopic (exact) mass is 432 g/mol. The van der Waals surface area contributed by atoms with E-state index in [2.05, 4.69) is 47.5 Å². The molecule has 0 aliphatic heterocycles. The van der Waals surface area contributed by atoms with Gasteiger partial charge in [-0.05, 0) is 49.8 Å². The highest BCUT2D eigenvalue weighted by molar-refractivity contribution is 7.12. The molecule has 2 aromatic heterocycles. The van der Waals surface area contributed by atoms with Gasteiger partial charge in [-0.1, -0.05) is 30.8 Å². The molecule has 0 bridgehead atoms. The molecule has 7 heteroatoms. The van der Waals surface area contributed by atoms with Gasteiger partial charge in [0.1, 0.15) is 5.75 Å². The summed E-state index contributed by atoms with van der Waals surface area (Å²) in [4.78, 5) is 19.8. The van der Waals surface area contributed by atoms with Crippen molar-refractivity contribution in [3.8, 4) is 22.1 Å². The van der Waals surface area contributed by atoms with Crippen LogP contribution in [0.5, 0.6) is 5.75 Å². The highest BCUT2D eigenvalue weighted by atomic mass is 32.1. The maximum Gasteiger partial charge on any atom is 0.281 e. The van der Waals surface area contributed by atoms with Gasteiger partial charge >= 0.3 is 0 Å². The second-order valence-corrected chi connectivity index (χ2v) is 7.92. The van der Waals surface area contributed by atoms with E-state index in [-0.39, 0.29) is 11.3 Å². The zero-order valence-corrected chi connectivity index (χ0v) is 18.3. The van der Waals surface area contributed by atoms with Crippen molar-refractivity contribution in [2.45, 2.75) is 13.8 Å². The number of aromatic hydroxyl groups is 1. The molecule has 2 aromatic carbocycles. The van der Waals surface area contributed by atoms with Crippen molar-refractivity contribution in [1.82, 2.24) is 14.8 Å². The minimum absolute atomic E-state index is 0.151. The standard InChI is InChI=1S/C24H24N4O2S/c1-4-27(5-2)18-12-10-17(11-13-18)14-20-16(3)26-28(23(20)30)24-25-21(15-31-24)19-8-6-7-9-22(19)29/h6-15,26,29H,3-5H2,1-2H3/b20-14-. The summed E-state index contributed by atoms with van der Waals surface area (Å²) in [5.41, 5.74) is 3.11. The van der Waals surface area contributed by atoms with E-state index in [0.29, 0.717) is 27.0 Å². The van der Waals surface area contributed by atoms with Crippen LogP contribution < -0.4 is 21.0 Å². The summed E-state index contributed by atoms with van der Waals surface area (Å²) in [6.07, 6.45) is 1.83. The van der Waals surface area contributed by atoms with Crippen LogP contribution in [-0.2, 0) is 0 Å². The Kier molecular flexibility index (Phi) is 5.77. The number of rotatable bonds is 6. The number of hydrogen-bond donors (Lipinski definition) is 2. The third kappa shape index (κ3) is 4.04. The number of nitrogens with zero attached hydrogens (tertiary/aromatic N) is 3. The maximum atomic E-state index is 13.0. The molecule has 31 heavy (non-hydrogen) atoms. The molecule has 0 aliphatic carbocycles. The summed E-state index contributed by atoms with van der Waals surface area (Å²) >= 11 is 1.32. The lowest BCUT2D eigenvalue weighted by Gasteiger charge is -2.20. The van der Waals surface area contributed by atoms with Gasteiger partial charge in [0.15, 0.2) is 0 Å². The number of para-hydroxylation sites is 1. The lowest BCUT2D eigenvalue weighted by molar-refractivity contribution is 0.477. The van der Waals surface area contributed by atoms with E-state index < -0.39 is 0 Å². The van der Waals surface area contributed by atoms with Crippen LogP contribution in [0.3, 0.4) is 0 Å². The molecule has 4 rings (SSSR count). The minimum atomic E-state index is -0.212. The van der Waals surface area contributed by atoms with Crippen molar-refractivity contribution in [3.63, 3.8) is 0 Å². The molecule has 0 amide bonds. The first-order valence-electron chi connectivity index (χ1n) is 10.1. The predicted octanol–water partition coefficient (Wildman–Crippen LogP) is 3.08. The average molecular weight is 433 g/mol. The van der Waals surface area contributed by atoms with Crippen LogP contribution >= 0.6 is 11.3 Å². The molecule has 4 aromatic rings. The van der Waals surface area contributed by atoms with Gasteiger partial charge in [0.2, 0.25) is 5.13 Å². The Morgan fingerprint density at radius 2 is 1.87 bits per heavy atom. The van der Waals surface area contributed by atoms with E-state index in [1.165, 1.54) is 16.0 Å². The second-order valence-electron chi connectivity index (χ2n) is 7.09. The van der Waals surface area contributed by atoms with Crippen molar-refractivity contribution in [2.24, 2.45) is 0 Å². The molecule has 0 unspecified atom stereocenters. The van der Waals surface area contributed by atoms with Gasteiger partial charge < -0.3 is 10.0 Å². The predicted molar refractivity (Wildman–Crippen MR) is 128 cm³/mol. The fourth-order valence-corrected chi connectivity index (χ4v) is 4.28. The van der Waals surface area contributed by atoms with Gasteiger partial charge in [-0.3, -0.25) is 9.89 Å². The number of H-pyrrole nitrogens is 1. The largest absolute Gasteiger partial charge is 0.507 e. The number of benzene rings is 2. The van der Waals surface area contributed by atoms with Crippen LogP contribution in [0.25, 0.3) is 29.0 Å². The number of hydrogen-bond acceptors (Lipinski definition) is 5. The molecular formula is C24H24N4O2S. The van der Waals surface area contributed by atoms with Crippen molar-refractivity contribution in [1.29, 1.82) is 0 Å². The molecular weight excluding hydrogens is 408 g/mol. The summed E-state index contributed by atoms with van der Waals surface area (Å²) in [5.74, 6) is 0.151. The van der Waals surface area contributed by atoms with Gasteiger partial charge in [-0.2, -0.15) is 4.68 Å². The SMILES string of the molecule is C=c1[nH]n(-c2nc(-c3ccccc3O)cs2)c(=O)/c1=C\c1ccc(N(CC)CC)cc1. The van der Waals surface area contributed by atoms with Crippen LogP contribution in [-0.4, -0.2) is 33.0 Å². The van der Waals surface area contributed by atoms with E-state index in [4.69, 9.17) is 0 Å². The highest BCUT2D eigenvalue weighted by Crippen LogP contribution is 2.30.